The number of azide groups is 1. The van der Waals surface area contributed by atoms with Crippen LogP contribution in [0.4, 0.5) is 11.4 Å². The molecule has 52 heavy (non-hydrogen) atoms. The van der Waals surface area contributed by atoms with Crippen LogP contribution in [0.5, 0.6) is 0 Å². The number of rotatable bonds is 14. The third-order valence-electron chi connectivity index (χ3n) is 8.67. The minimum atomic E-state index is -0.411. The van der Waals surface area contributed by atoms with Gasteiger partial charge in [-0.2, -0.15) is 0 Å². The van der Waals surface area contributed by atoms with Crippen molar-refractivity contribution in [3.05, 3.63) is 124 Å². The molecule has 3 N–H and O–H groups in total. The number of pyridine rings is 1. The van der Waals surface area contributed by atoms with E-state index >= 15 is 0 Å². The number of hydrogen-bond acceptors (Lipinski definition) is 7. The molecule has 14 nitrogen and oxygen atoms in total. The second-order valence-corrected chi connectivity index (χ2v) is 12.4. The monoisotopic (exact) mass is 700 g/mol. The van der Waals surface area contributed by atoms with Crippen LogP contribution in [-0.4, -0.2) is 82.7 Å². The van der Waals surface area contributed by atoms with Gasteiger partial charge in [-0.25, -0.2) is 0 Å². The van der Waals surface area contributed by atoms with Gasteiger partial charge in [0.15, 0.2) is 0 Å². The van der Waals surface area contributed by atoms with Crippen molar-refractivity contribution in [2.24, 2.45) is 12.2 Å². The normalized spacial score (nSPS) is 13.2. The van der Waals surface area contributed by atoms with Gasteiger partial charge in [0, 0.05) is 80.8 Å². The van der Waals surface area contributed by atoms with Gasteiger partial charge in [0.05, 0.1) is 30.1 Å². The molecule has 4 heterocycles. The summed E-state index contributed by atoms with van der Waals surface area (Å²) in [4.78, 5) is 49.1. The van der Waals surface area contributed by atoms with Crippen molar-refractivity contribution in [2.45, 2.75) is 13.0 Å². The molecule has 5 aromatic rings. The average Bonchev–Trinajstić information content (AvgIpc) is 3.75. The number of benzene rings is 2. The Labute approximate surface area is 300 Å². The van der Waals surface area contributed by atoms with Crippen LogP contribution in [0.1, 0.15) is 48.9 Å². The van der Waals surface area contributed by atoms with Gasteiger partial charge in [0.25, 0.3) is 17.7 Å². The quantitative estimate of drug-likeness (QED) is 0.0571. The molecule has 1 saturated heterocycles. The van der Waals surface area contributed by atoms with Gasteiger partial charge < -0.3 is 29.8 Å². The number of ether oxygens (including phenoxy) is 1. The third-order valence-corrected chi connectivity index (χ3v) is 8.67. The second kappa shape index (κ2) is 17.1. The Balaban J connectivity index is 1.06. The van der Waals surface area contributed by atoms with E-state index in [0.29, 0.717) is 67.6 Å². The zero-order valence-electron chi connectivity index (χ0n) is 28.9. The Morgan fingerprint density at radius 1 is 0.885 bits per heavy atom. The fraction of sp³-hybridized carbons (Fsp3) is 0.263. The van der Waals surface area contributed by atoms with Gasteiger partial charge in [0.2, 0.25) is 0 Å². The van der Waals surface area contributed by atoms with Crippen molar-refractivity contribution in [2.75, 3.05) is 56.6 Å². The van der Waals surface area contributed by atoms with Crippen LogP contribution < -0.4 is 16.0 Å². The summed E-state index contributed by atoms with van der Waals surface area (Å²) in [7, 11) is 1.71. The van der Waals surface area contributed by atoms with Crippen LogP contribution >= 0.6 is 0 Å². The molecule has 0 atom stereocenters. The maximum Gasteiger partial charge on any atom is 0.272 e. The second-order valence-electron chi connectivity index (χ2n) is 12.4. The topological polar surface area (TPSA) is 171 Å². The predicted octanol–water partition coefficient (Wildman–Crippen LogP) is 5.81. The number of anilines is 2. The molecule has 0 radical (unpaired) electrons. The van der Waals surface area contributed by atoms with Crippen molar-refractivity contribution >= 4 is 52.2 Å². The van der Waals surface area contributed by atoms with Gasteiger partial charge in [-0.1, -0.05) is 47.6 Å². The number of aromatic nitrogens is 3. The van der Waals surface area contributed by atoms with E-state index in [2.05, 4.69) is 41.9 Å². The maximum atomic E-state index is 13.4. The molecular formula is C38H40N10O4. The van der Waals surface area contributed by atoms with Gasteiger partial charge in [-0.05, 0) is 59.5 Å². The molecule has 0 aliphatic carbocycles. The average molecular weight is 701 g/mol. The van der Waals surface area contributed by atoms with E-state index in [9.17, 15) is 14.4 Å². The summed E-state index contributed by atoms with van der Waals surface area (Å²) in [5, 5.41) is 13.4. The van der Waals surface area contributed by atoms with Crippen molar-refractivity contribution < 1.29 is 19.1 Å². The summed E-state index contributed by atoms with van der Waals surface area (Å²) in [5.41, 5.74) is 13.5. The number of amides is 3. The summed E-state index contributed by atoms with van der Waals surface area (Å²) < 4.78 is 8.75. The summed E-state index contributed by atoms with van der Waals surface area (Å²) in [6, 6.07) is 20.5. The number of para-hydroxylation sites is 1. The molecule has 0 spiro atoms. The number of carbonyl (C=O) groups excluding carboxylic acids is 3. The van der Waals surface area contributed by atoms with E-state index in [1.165, 1.54) is 0 Å². The van der Waals surface area contributed by atoms with Crippen molar-refractivity contribution in [1.29, 1.82) is 0 Å². The summed E-state index contributed by atoms with van der Waals surface area (Å²) in [6.07, 6.45) is 9.64. The molecule has 0 saturated carbocycles. The first-order valence-electron chi connectivity index (χ1n) is 17.1. The molecule has 0 unspecified atom stereocenters. The Kier molecular flexibility index (Phi) is 11.7. The van der Waals surface area contributed by atoms with Gasteiger partial charge in [-0.15, -0.1) is 0 Å². The summed E-state index contributed by atoms with van der Waals surface area (Å²) in [5.74, 6) is -0.993. The van der Waals surface area contributed by atoms with Crippen LogP contribution in [-0.2, 0) is 18.3 Å². The molecule has 0 bridgehead atoms. The minimum absolute atomic E-state index is 0.271. The summed E-state index contributed by atoms with van der Waals surface area (Å²) in [6.45, 7) is 4.87. The fourth-order valence-corrected chi connectivity index (χ4v) is 5.93. The van der Waals surface area contributed by atoms with Crippen molar-refractivity contribution in [1.82, 2.24) is 24.3 Å². The fourth-order valence-electron chi connectivity index (χ4n) is 5.93. The molecule has 6 rings (SSSR count). The number of fused-ring (bicyclic) bond motifs is 1. The molecule has 3 amide bonds. The molecule has 14 heteroatoms. The minimum Gasteiger partial charge on any atom is -0.379 e. The molecule has 3 aromatic heterocycles. The number of nitrogens with zero attached hydrogens (tertiary/aromatic N) is 7. The van der Waals surface area contributed by atoms with Crippen LogP contribution in [0.3, 0.4) is 0 Å². The van der Waals surface area contributed by atoms with Crippen molar-refractivity contribution in [3.63, 3.8) is 0 Å². The van der Waals surface area contributed by atoms with Crippen LogP contribution in [0.2, 0.25) is 0 Å². The SMILES string of the molecule is Cn1cc(NC(=O)c2ccc(/C=C/c3cnc4ccccc4c3)cc2)cc1C(=O)Nc1cc(C(=O)NCCN2CCOCC2)n(CCCN=[N+]=[N-])c1. The number of carbonyl (C=O) groups is 3. The highest BCUT2D eigenvalue weighted by Crippen LogP contribution is 2.20. The standard InChI is InChI=1S/C38H40N10O4/c1-46-25-31(43-36(49)29-11-9-27(10-12-29)7-8-28-21-30-5-2-3-6-33(30)41-24-28)22-34(46)38(51)44-32-23-35(48(26-32)15-4-13-42-45-39)37(50)40-14-16-47-17-19-52-20-18-47/h2-3,5-12,21-26H,4,13-20H2,1H3,(H,40,50)(H,43,49)(H,44,51)/b8-7+. The largest absolute Gasteiger partial charge is 0.379 e. The first-order chi connectivity index (χ1) is 25.4. The summed E-state index contributed by atoms with van der Waals surface area (Å²) >= 11 is 0. The highest BCUT2D eigenvalue weighted by atomic mass is 16.5. The Hall–Kier alpha value is -6.21. The van der Waals surface area contributed by atoms with E-state index in [1.807, 2.05) is 54.7 Å². The van der Waals surface area contributed by atoms with E-state index in [1.54, 1.807) is 52.8 Å². The zero-order valence-corrected chi connectivity index (χ0v) is 28.9. The van der Waals surface area contributed by atoms with Gasteiger partial charge >= 0.3 is 0 Å². The third kappa shape index (κ3) is 9.31. The molecule has 266 valence electrons. The van der Waals surface area contributed by atoms with Gasteiger partial charge in [0.1, 0.15) is 11.4 Å². The van der Waals surface area contributed by atoms with Gasteiger partial charge in [-0.3, -0.25) is 24.3 Å². The smallest absolute Gasteiger partial charge is 0.272 e. The van der Waals surface area contributed by atoms with Crippen LogP contribution in [0, 0.1) is 0 Å². The van der Waals surface area contributed by atoms with Crippen molar-refractivity contribution in [3.8, 4) is 0 Å². The highest BCUT2D eigenvalue weighted by Gasteiger charge is 2.19. The van der Waals surface area contributed by atoms with E-state index in [0.717, 1.165) is 35.1 Å². The molecular weight excluding hydrogens is 660 g/mol. The number of aryl methyl sites for hydroxylation is 2. The Bertz CT molecular complexity index is 2120. The Morgan fingerprint density at radius 2 is 1.62 bits per heavy atom. The lowest BCUT2D eigenvalue weighted by Crippen LogP contribution is -2.41. The number of hydrogen-bond donors (Lipinski definition) is 3. The first kappa shape index (κ1) is 35.6. The lowest BCUT2D eigenvalue weighted by molar-refractivity contribution is 0.0383. The number of nitrogens with one attached hydrogen (secondary N) is 3. The molecule has 2 aromatic carbocycles. The molecule has 1 fully saturated rings. The zero-order chi connectivity index (χ0) is 36.3. The van der Waals surface area contributed by atoms with E-state index < -0.39 is 5.91 Å². The van der Waals surface area contributed by atoms with E-state index in [4.69, 9.17) is 10.3 Å². The van der Waals surface area contributed by atoms with E-state index in [-0.39, 0.29) is 18.4 Å². The Morgan fingerprint density at radius 3 is 2.42 bits per heavy atom. The molecule has 1 aliphatic rings. The van der Waals surface area contributed by atoms with Crippen LogP contribution in [0.25, 0.3) is 33.5 Å². The number of morpholine rings is 1. The highest BCUT2D eigenvalue weighted by molar-refractivity contribution is 6.07. The van der Waals surface area contributed by atoms with Crippen LogP contribution in [0.15, 0.2) is 90.4 Å². The predicted molar refractivity (Wildman–Crippen MR) is 201 cm³/mol. The lowest BCUT2D eigenvalue weighted by Gasteiger charge is -2.26. The molecule has 1 aliphatic heterocycles. The first-order valence-corrected chi connectivity index (χ1v) is 17.1. The lowest BCUT2D eigenvalue weighted by atomic mass is 10.1. The maximum absolute atomic E-state index is 13.4.